The van der Waals surface area contributed by atoms with Crippen molar-refractivity contribution in [3.05, 3.63) is 71.6 Å². The van der Waals surface area contributed by atoms with Gasteiger partial charge in [0.25, 0.3) is 11.8 Å². The van der Waals surface area contributed by atoms with Crippen LogP contribution < -0.4 is 4.74 Å². The fourth-order valence-electron chi connectivity index (χ4n) is 2.88. The Labute approximate surface area is 154 Å². The number of ether oxygens (including phenoxy) is 1. The Morgan fingerprint density at radius 3 is 2.69 bits per heavy atom. The molecule has 2 rings (SSSR count). The molecule has 26 heavy (non-hydrogen) atoms. The Hall–Kier alpha value is -3.08. The lowest BCUT2D eigenvalue weighted by Crippen LogP contribution is -2.23. The van der Waals surface area contributed by atoms with E-state index in [4.69, 9.17) is 4.74 Å². The van der Waals surface area contributed by atoms with Crippen LogP contribution in [-0.2, 0) is 4.79 Å². The summed E-state index contributed by atoms with van der Waals surface area (Å²) in [6, 6.07) is 1.58. The molecule has 1 aromatic heterocycles. The SMILES string of the molecule is C=C1CN(C(=C)C=CC)C(=O)C1=C(C)C=C(C)c1cnc(OC)c(O)c1. The van der Waals surface area contributed by atoms with Gasteiger partial charge in [0, 0.05) is 17.5 Å². The fourth-order valence-corrected chi connectivity index (χ4v) is 2.88. The molecular weight excluding hydrogens is 328 g/mol. The van der Waals surface area contributed by atoms with Crippen molar-refractivity contribution < 1.29 is 14.6 Å². The highest BCUT2D eigenvalue weighted by Gasteiger charge is 2.31. The maximum Gasteiger partial charge on any atom is 0.259 e. The summed E-state index contributed by atoms with van der Waals surface area (Å²) in [4.78, 5) is 18.4. The van der Waals surface area contributed by atoms with Gasteiger partial charge in [0.15, 0.2) is 5.75 Å². The zero-order chi connectivity index (χ0) is 19.4. The van der Waals surface area contributed by atoms with E-state index in [9.17, 15) is 9.90 Å². The van der Waals surface area contributed by atoms with Crippen molar-refractivity contribution in [2.75, 3.05) is 13.7 Å². The molecular formula is C21H24N2O3. The summed E-state index contributed by atoms with van der Waals surface area (Å²) in [7, 11) is 1.45. The zero-order valence-electron chi connectivity index (χ0n) is 15.7. The van der Waals surface area contributed by atoms with Crippen molar-refractivity contribution in [2.24, 2.45) is 0 Å². The van der Waals surface area contributed by atoms with E-state index in [-0.39, 0.29) is 17.5 Å². The molecule has 136 valence electrons. The summed E-state index contributed by atoms with van der Waals surface area (Å²) >= 11 is 0. The number of likely N-dealkylation sites (tertiary alicyclic amines) is 1. The van der Waals surface area contributed by atoms with E-state index in [1.807, 2.05) is 32.9 Å². The number of carbonyl (C=O) groups is 1. The van der Waals surface area contributed by atoms with Gasteiger partial charge in [-0.1, -0.05) is 25.3 Å². The molecule has 0 bridgehead atoms. The lowest BCUT2D eigenvalue weighted by Gasteiger charge is -2.14. The molecule has 5 heteroatoms. The average molecular weight is 352 g/mol. The molecule has 0 radical (unpaired) electrons. The minimum absolute atomic E-state index is 0.0294. The van der Waals surface area contributed by atoms with Crippen LogP contribution in [0.4, 0.5) is 0 Å². The number of allylic oxidation sites excluding steroid dienone is 5. The van der Waals surface area contributed by atoms with Crippen LogP contribution >= 0.6 is 0 Å². The number of aromatic nitrogens is 1. The Balaban J connectivity index is 2.37. The van der Waals surface area contributed by atoms with Crippen LogP contribution in [0.1, 0.15) is 26.3 Å². The van der Waals surface area contributed by atoms with Crippen molar-refractivity contribution in [2.45, 2.75) is 20.8 Å². The van der Waals surface area contributed by atoms with Gasteiger partial charge in [0.05, 0.1) is 13.7 Å². The number of pyridine rings is 1. The monoisotopic (exact) mass is 352 g/mol. The van der Waals surface area contributed by atoms with Crippen molar-refractivity contribution in [3.63, 3.8) is 0 Å². The van der Waals surface area contributed by atoms with Crippen molar-refractivity contribution in [1.29, 1.82) is 0 Å². The summed E-state index contributed by atoms with van der Waals surface area (Å²) in [5.74, 6) is 0.0442. The predicted octanol–water partition coefficient (Wildman–Crippen LogP) is 4.00. The molecule has 2 heterocycles. The number of carbonyl (C=O) groups excluding carboxylic acids is 1. The van der Waals surface area contributed by atoms with E-state index in [0.29, 0.717) is 17.8 Å². The van der Waals surface area contributed by atoms with E-state index in [1.165, 1.54) is 7.11 Å². The minimum Gasteiger partial charge on any atom is -0.503 e. The lowest BCUT2D eigenvalue weighted by atomic mass is 10.0. The van der Waals surface area contributed by atoms with E-state index < -0.39 is 0 Å². The number of aromatic hydroxyl groups is 1. The Bertz CT molecular complexity index is 860. The molecule has 1 amide bonds. The van der Waals surface area contributed by atoms with Gasteiger partial charge < -0.3 is 14.7 Å². The molecule has 0 aromatic carbocycles. The van der Waals surface area contributed by atoms with Crippen molar-refractivity contribution >= 4 is 11.5 Å². The number of hydrogen-bond donors (Lipinski definition) is 1. The molecule has 0 spiro atoms. The Morgan fingerprint density at radius 1 is 1.42 bits per heavy atom. The third kappa shape index (κ3) is 3.77. The van der Waals surface area contributed by atoms with Gasteiger partial charge in [-0.15, -0.1) is 0 Å². The van der Waals surface area contributed by atoms with Crippen LogP contribution in [0.25, 0.3) is 5.57 Å². The highest BCUT2D eigenvalue weighted by Crippen LogP contribution is 2.31. The van der Waals surface area contributed by atoms with E-state index in [0.717, 1.165) is 22.3 Å². The molecule has 1 aromatic rings. The fraction of sp³-hybridized carbons (Fsp3) is 0.238. The van der Waals surface area contributed by atoms with Crippen LogP contribution in [-0.4, -0.2) is 34.6 Å². The highest BCUT2D eigenvalue weighted by atomic mass is 16.5. The second-order valence-corrected chi connectivity index (χ2v) is 6.12. The number of amides is 1. The van der Waals surface area contributed by atoms with Crippen LogP contribution in [0.15, 0.2) is 66.1 Å². The second kappa shape index (κ2) is 7.87. The zero-order valence-corrected chi connectivity index (χ0v) is 15.7. The minimum atomic E-state index is -0.102. The number of methoxy groups -OCH3 is 1. The van der Waals surface area contributed by atoms with Crippen molar-refractivity contribution in [3.8, 4) is 11.6 Å². The van der Waals surface area contributed by atoms with Gasteiger partial charge in [-0.2, -0.15) is 0 Å². The molecule has 1 N–H and O–H groups in total. The van der Waals surface area contributed by atoms with Crippen LogP contribution in [0.3, 0.4) is 0 Å². The summed E-state index contributed by atoms with van der Waals surface area (Å²) in [5.41, 5.74) is 4.43. The van der Waals surface area contributed by atoms with Crippen LogP contribution in [0.5, 0.6) is 11.6 Å². The molecule has 1 saturated heterocycles. The van der Waals surface area contributed by atoms with Gasteiger partial charge in [0.1, 0.15) is 0 Å². The second-order valence-electron chi connectivity index (χ2n) is 6.12. The quantitative estimate of drug-likeness (QED) is 0.642. The summed E-state index contributed by atoms with van der Waals surface area (Å²) in [5, 5.41) is 9.90. The van der Waals surface area contributed by atoms with Gasteiger partial charge in [-0.3, -0.25) is 4.79 Å². The van der Waals surface area contributed by atoms with Gasteiger partial charge in [0.2, 0.25) is 0 Å². The molecule has 1 aliphatic rings. The molecule has 1 fully saturated rings. The first-order chi connectivity index (χ1) is 12.3. The summed E-state index contributed by atoms with van der Waals surface area (Å²) in [6.45, 7) is 14.1. The maximum atomic E-state index is 12.7. The first-order valence-corrected chi connectivity index (χ1v) is 8.24. The van der Waals surface area contributed by atoms with Crippen LogP contribution in [0, 0.1) is 0 Å². The standard InChI is InChI=1S/C21H24N2O3/c1-7-8-16(5)23-12-15(4)19(21(23)25)14(3)9-13(2)17-10-18(24)20(26-6)22-11-17/h7-11,24H,4-5,12H2,1-3,6H3. The number of rotatable bonds is 5. The van der Waals surface area contributed by atoms with E-state index in [2.05, 4.69) is 18.1 Å². The van der Waals surface area contributed by atoms with E-state index >= 15 is 0 Å². The lowest BCUT2D eigenvalue weighted by molar-refractivity contribution is -0.123. The molecule has 0 saturated carbocycles. The van der Waals surface area contributed by atoms with E-state index in [1.54, 1.807) is 23.2 Å². The molecule has 1 aliphatic heterocycles. The average Bonchev–Trinajstić information content (AvgIpc) is 2.89. The summed E-state index contributed by atoms with van der Waals surface area (Å²) < 4.78 is 4.96. The third-order valence-electron chi connectivity index (χ3n) is 4.18. The van der Waals surface area contributed by atoms with Crippen molar-refractivity contribution in [1.82, 2.24) is 9.88 Å². The highest BCUT2D eigenvalue weighted by molar-refractivity contribution is 6.03. The largest absolute Gasteiger partial charge is 0.503 e. The smallest absolute Gasteiger partial charge is 0.259 e. The normalized spacial score (nSPS) is 17.2. The molecule has 0 aliphatic carbocycles. The number of nitrogens with zero attached hydrogens (tertiary/aromatic N) is 2. The van der Waals surface area contributed by atoms with Gasteiger partial charge in [-0.05, 0) is 55.2 Å². The topological polar surface area (TPSA) is 62.7 Å². The van der Waals surface area contributed by atoms with Crippen LogP contribution in [0.2, 0.25) is 0 Å². The Kier molecular flexibility index (Phi) is 5.82. The Morgan fingerprint density at radius 2 is 2.12 bits per heavy atom. The first kappa shape index (κ1) is 19.2. The molecule has 5 nitrogen and oxygen atoms in total. The molecule has 0 unspecified atom stereocenters. The van der Waals surface area contributed by atoms with Gasteiger partial charge in [-0.25, -0.2) is 4.98 Å². The predicted molar refractivity (Wildman–Crippen MR) is 104 cm³/mol. The van der Waals surface area contributed by atoms with Gasteiger partial charge >= 0.3 is 0 Å². The summed E-state index contributed by atoms with van der Waals surface area (Å²) in [6.07, 6.45) is 7.16. The number of hydrogen-bond acceptors (Lipinski definition) is 4. The maximum absolute atomic E-state index is 12.7. The molecule has 0 atom stereocenters. The third-order valence-corrected chi connectivity index (χ3v) is 4.18. The first-order valence-electron chi connectivity index (χ1n) is 8.24.